The van der Waals surface area contributed by atoms with Gasteiger partial charge in [0.2, 0.25) is 34.2 Å². The van der Waals surface area contributed by atoms with Crippen LogP contribution in [-0.2, 0) is 42.3 Å². The molecule has 12 aromatic rings. The number of hydrogen-bond donors (Lipinski definition) is 0. The molecule has 12 rings (SSSR count). The first-order valence-corrected chi connectivity index (χ1v) is 35.5. The molecule has 528 valence electrons. The number of benzene rings is 6. The Morgan fingerprint density at radius 1 is 0.196 bits per heavy atom. The second-order valence-corrected chi connectivity index (χ2v) is 28.1. The van der Waals surface area contributed by atoms with E-state index in [2.05, 4.69) is 273 Å². The van der Waals surface area contributed by atoms with E-state index in [0.717, 1.165) is 56.4 Å². The number of rotatable bonds is 6. The van der Waals surface area contributed by atoms with Crippen LogP contribution in [0.5, 0.6) is 0 Å². The standard InChI is InChI=1S/6C16H20N/c2*1-11-9-10-15(17(5)14(11)4)16-12(2)7-6-8-13(16)3;2*1-11-8-6-7-9-15(11)16-10-12(2)13(3)14(4)17(16)5;2*1-11-8-6-7-9-15(11)16-13(3)10-12(2)14(4)17(16)5/h6*6-10H,1-5H3/q6*+1/i1D3;;3D3;;2D3;. The summed E-state index contributed by atoms with van der Waals surface area (Å²) >= 11 is 0. The molecule has 0 radical (unpaired) electrons. The normalized spacial score (nSPS) is 12.3. The number of aromatic nitrogens is 6. The van der Waals surface area contributed by atoms with Crippen LogP contribution in [0.2, 0.25) is 0 Å². The largest absolute Gasteiger partial charge is 0.215 e. The Balaban J connectivity index is 0.000000185. The van der Waals surface area contributed by atoms with Gasteiger partial charge in [-0.2, -0.15) is 27.4 Å². The Morgan fingerprint density at radius 3 is 0.863 bits per heavy atom. The Bertz CT molecular complexity index is 5360. The van der Waals surface area contributed by atoms with E-state index in [4.69, 9.17) is 12.3 Å². The Kier molecular flexibility index (Phi) is 22.7. The summed E-state index contributed by atoms with van der Waals surface area (Å²) in [5, 5.41) is 0. The summed E-state index contributed by atoms with van der Waals surface area (Å²) in [6.07, 6.45) is 0. The Labute approximate surface area is 628 Å². The van der Waals surface area contributed by atoms with E-state index in [1.54, 1.807) is 12.1 Å². The third kappa shape index (κ3) is 17.9. The summed E-state index contributed by atoms with van der Waals surface area (Å²) in [6, 6.07) is 62.5. The van der Waals surface area contributed by atoms with Crippen LogP contribution in [-0.4, -0.2) is 0 Å². The highest BCUT2D eigenvalue weighted by Crippen LogP contribution is 2.30. The van der Waals surface area contributed by atoms with Gasteiger partial charge in [0, 0.05) is 145 Å². The van der Waals surface area contributed by atoms with E-state index < -0.39 is 20.6 Å². The average molecular weight is 1370 g/mol. The molecule has 0 saturated carbocycles. The molecule has 6 aromatic carbocycles. The molecule has 0 aliphatic rings. The van der Waals surface area contributed by atoms with Gasteiger partial charge in [-0.05, 0) is 229 Å². The van der Waals surface area contributed by atoms with E-state index in [1.807, 2.05) is 112 Å². The van der Waals surface area contributed by atoms with Crippen molar-refractivity contribution in [3.05, 3.63) is 316 Å². The third-order valence-electron chi connectivity index (χ3n) is 21.2. The molecular formula is C96H120N6+6. The van der Waals surface area contributed by atoms with Crippen LogP contribution in [0.25, 0.3) is 67.5 Å². The Morgan fingerprint density at radius 2 is 0.490 bits per heavy atom. The molecule has 6 heterocycles. The van der Waals surface area contributed by atoms with Crippen molar-refractivity contribution in [2.24, 2.45) is 42.3 Å². The molecule has 0 bridgehead atoms. The highest BCUT2D eigenvalue weighted by atomic mass is 15.0. The lowest BCUT2D eigenvalue weighted by Gasteiger charge is -2.10. The van der Waals surface area contributed by atoms with Crippen LogP contribution in [0.3, 0.4) is 0 Å². The smallest absolute Gasteiger partial charge is 0.198 e. The van der Waals surface area contributed by atoms with Gasteiger partial charge in [-0.3, -0.25) is 0 Å². The Hall–Kier alpha value is -9.78. The maximum atomic E-state index is 7.69. The minimum atomic E-state index is -2.07. The lowest BCUT2D eigenvalue weighted by atomic mass is 9.98. The van der Waals surface area contributed by atoms with Crippen LogP contribution >= 0.6 is 0 Å². The summed E-state index contributed by atoms with van der Waals surface area (Å²) < 4.78 is 81.6. The van der Waals surface area contributed by atoms with Crippen LogP contribution < -0.4 is 27.4 Å². The summed E-state index contributed by atoms with van der Waals surface area (Å²) in [5.41, 5.74) is 40.9. The van der Waals surface area contributed by atoms with Gasteiger partial charge in [0.05, 0.1) is 11.1 Å². The summed E-state index contributed by atoms with van der Waals surface area (Å²) in [6.45, 7) is 37.6. The minimum absolute atomic E-state index is 0.412. The SMILES string of the molecule is Cc1cccc(C)c1-c1ccc(C)c(C)[n+]1C.Cc1ccccc1-c1c(C)cc(C)c(C)[n+]1C.Cc1ccccc1-c1cc(C)c(C)c(C)[n+]1C.[2H]C([2H])([2H])c1c(C)cc(-c2ccccc2C)[n+](C)c1C.[2H]C([2H])([2H])c1cc(C)c(-c2ccccc2C)[n+](C)c1C.[2H]C([2H])([2H])c1ccc(-c2c(C)cccc2C)[n+](C)c1C. The van der Waals surface area contributed by atoms with E-state index in [0.29, 0.717) is 16.7 Å². The van der Waals surface area contributed by atoms with Gasteiger partial charge in [0.15, 0.2) is 34.2 Å². The first-order valence-electron chi connectivity index (χ1n) is 40.0. The quantitative estimate of drug-likeness (QED) is 0.148. The predicted molar refractivity (Wildman–Crippen MR) is 432 cm³/mol. The second-order valence-electron chi connectivity index (χ2n) is 28.1. The van der Waals surface area contributed by atoms with Crippen LogP contribution in [0.15, 0.2) is 182 Å². The highest BCUT2D eigenvalue weighted by Gasteiger charge is 2.24. The molecule has 0 unspecified atom stereocenters. The van der Waals surface area contributed by atoms with Gasteiger partial charge < -0.3 is 0 Å². The monoisotopic (exact) mass is 1370 g/mol. The van der Waals surface area contributed by atoms with E-state index in [9.17, 15) is 0 Å². The third-order valence-corrected chi connectivity index (χ3v) is 21.2. The number of aryl methyl sites for hydroxylation is 16. The summed E-state index contributed by atoms with van der Waals surface area (Å²) in [5.74, 6) is 0. The molecule has 0 amide bonds. The zero-order valence-corrected chi connectivity index (χ0v) is 66.5. The molecular weight excluding hydrogens is 1240 g/mol. The van der Waals surface area contributed by atoms with Crippen molar-refractivity contribution in [2.45, 2.75) is 166 Å². The molecule has 6 aromatic heterocycles. The minimum Gasteiger partial charge on any atom is -0.198 e. The van der Waals surface area contributed by atoms with Gasteiger partial charge >= 0.3 is 0 Å². The van der Waals surface area contributed by atoms with Crippen molar-refractivity contribution < 1.29 is 39.7 Å². The molecule has 0 saturated heterocycles. The maximum absolute atomic E-state index is 7.69. The predicted octanol–water partition coefficient (Wildman–Crippen LogP) is 20.5. The fraction of sp³-hybridized carbons (Fsp3) is 0.312. The molecule has 6 nitrogen and oxygen atoms in total. The second kappa shape index (κ2) is 34.7. The lowest BCUT2D eigenvalue weighted by molar-refractivity contribution is -0.667. The maximum Gasteiger partial charge on any atom is 0.215 e. The first-order chi connectivity index (χ1) is 51.8. The molecule has 6 heteroatoms. The molecule has 0 fully saturated rings. The van der Waals surface area contributed by atoms with Gasteiger partial charge in [-0.25, -0.2) is 0 Å². The first kappa shape index (κ1) is 66.8. The number of hydrogen-bond acceptors (Lipinski definition) is 0. The van der Waals surface area contributed by atoms with Crippen molar-refractivity contribution in [1.82, 2.24) is 0 Å². The average Bonchev–Trinajstić information content (AvgIpc) is 0.782. The lowest BCUT2D eigenvalue weighted by Crippen LogP contribution is -2.36. The summed E-state index contributed by atoms with van der Waals surface area (Å²) in [7, 11) is 12.2. The van der Waals surface area contributed by atoms with Crippen molar-refractivity contribution >= 4 is 0 Å². The van der Waals surface area contributed by atoms with Crippen molar-refractivity contribution in [2.75, 3.05) is 0 Å². The molecule has 102 heavy (non-hydrogen) atoms. The van der Waals surface area contributed by atoms with Crippen LogP contribution in [0.4, 0.5) is 0 Å². The van der Waals surface area contributed by atoms with E-state index in [1.165, 1.54) is 129 Å². The topological polar surface area (TPSA) is 23.3 Å². The van der Waals surface area contributed by atoms with E-state index in [-0.39, 0.29) is 0 Å². The van der Waals surface area contributed by atoms with Crippen LogP contribution in [0, 0.1) is 166 Å². The number of pyridine rings is 6. The van der Waals surface area contributed by atoms with Crippen molar-refractivity contribution in [1.29, 1.82) is 0 Å². The molecule has 0 N–H and O–H groups in total. The van der Waals surface area contributed by atoms with E-state index >= 15 is 0 Å². The zero-order valence-electron chi connectivity index (χ0n) is 75.5. The molecule has 0 atom stereocenters. The molecule has 0 aliphatic carbocycles. The van der Waals surface area contributed by atoms with Gasteiger partial charge in [-0.15, -0.1) is 0 Å². The van der Waals surface area contributed by atoms with Crippen molar-refractivity contribution in [3.63, 3.8) is 0 Å². The fourth-order valence-corrected chi connectivity index (χ4v) is 13.6. The zero-order chi connectivity index (χ0) is 83.0. The van der Waals surface area contributed by atoms with Gasteiger partial charge in [-0.1, -0.05) is 109 Å². The highest BCUT2D eigenvalue weighted by molar-refractivity contribution is 5.69. The fourth-order valence-electron chi connectivity index (χ4n) is 13.6. The molecule has 0 spiro atoms. The number of nitrogens with zero attached hydrogens (tertiary/aromatic N) is 6. The van der Waals surface area contributed by atoms with Crippen molar-refractivity contribution in [3.8, 4) is 67.5 Å². The van der Waals surface area contributed by atoms with Gasteiger partial charge in [0.1, 0.15) is 42.3 Å². The van der Waals surface area contributed by atoms with Gasteiger partial charge in [0.25, 0.3) is 0 Å². The molecule has 0 aliphatic heterocycles. The van der Waals surface area contributed by atoms with Crippen LogP contribution in [0.1, 0.15) is 147 Å². The summed E-state index contributed by atoms with van der Waals surface area (Å²) in [4.78, 5) is 0.